The van der Waals surface area contributed by atoms with E-state index < -0.39 is 0 Å². The van der Waals surface area contributed by atoms with E-state index in [4.69, 9.17) is 11.6 Å². The summed E-state index contributed by atoms with van der Waals surface area (Å²) in [7, 11) is 0. The van der Waals surface area contributed by atoms with Crippen LogP contribution in [0.3, 0.4) is 0 Å². The van der Waals surface area contributed by atoms with Crippen molar-refractivity contribution in [3.05, 3.63) is 30.1 Å². The zero-order valence-corrected chi connectivity index (χ0v) is 8.30. The van der Waals surface area contributed by atoms with Crippen LogP contribution in [-0.4, -0.2) is 10.9 Å². The van der Waals surface area contributed by atoms with Gasteiger partial charge in [-0.2, -0.15) is 0 Å². The Morgan fingerprint density at radius 1 is 1.33 bits per heavy atom. The van der Waals surface area contributed by atoms with E-state index in [9.17, 15) is 0 Å². The predicted octanol–water partition coefficient (Wildman–Crippen LogP) is 2.89. The van der Waals surface area contributed by atoms with E-state index in [-0.39, 0.29) is 5.41 Å². The molecule has 12 heavy (non-hydrogen) atoms. The van der Waals surface area contributed by atoms with Gasteiger partial charge in [0.15, 0.2) is 0 Å². The molecule has 0 saturated carbocycles. The van der Waals surface area contributed by atoms with Gasteiger partial charge in [0.25, 0.3) is 0 Å². The van der Waals surface area contributed by atoms with Crippen molar-refractivity contribution in [2.75, 3.05) is 5.88 Å². The summed E-state index contributed by atoms with van der Waals surface area (Å²) >= 11 is 5.83. The van der Waals surface area contributed by atoms with Crippen molar-refractivity contribution in [1.29, 1.82) is 0 Å². The van der Waals surface area contributed by atoms with Crippen LogP contribution in [0, 0.1) is 5.41 Å². The van der Waals surface area contributed by atoms with Crippen molar-refractivity contribution in [2.45, 2.75) is 20.3 Å². The van der Waals surface area contributed by atoms with E-state index in [0.29, 0.717) is 5.88 Å². The van der Waals surface area contributed by atoms with Gasteiger partial charge in [0.05, 0.1) is 0 Å². The van der Waals surface area contributed by atoms with Crippen molar-refractivity contribution < 1.29 is 0 Å². The molecular formula is C10H14ClN. The highest BCUT2D eigenvalue weighted by molar-refractivity contribution is 6.18. The smallest absolute Gasteiger partial charge is 0.0277 e. The third kappa shape index (κ3) is 2.82. The van der Waals surface area contributed by atoms with Crippen molar-refractivity contribution in [3.63, 3.8) is 0 Å². The molecule has 0 bridgehead atoms. The van der Waals surface area contributed by atoms with Crippen molar-refractivity contribution in [1.82, 2.24) is 4.98 Å². The van der Waals surface area contributed by atoms with Crippen LogP contribution in [0.1, 0.15) is 19.4 Å². The Bertz CT molecular complexity index is 231. The Balaban J connectivity index is 2.64. The van der Waals surface area contributed by atoms with Gasteiger partial charge in [-0.1, -0.05) is 13.8 Å². The lowest BCUT2D eigenvalue weighted by atomic mass is 9.88. The summed E-state index contributed by atoms with van der Waals surface area (Å²) in [5.74, 6) is 0.690. The standard InChI is InChI=1S/C10H14ClN/c1-10(2,8-11)7-9-3-5-12-6-4-9/h3-6H,7-8H2,1-2H3. The summed E-state index contributed by atoms with van der Waals surface area (Å²) in [5, 5.41) is 0. The molecule has 1 rings (SSSR count). The van der Waals surface area contributed by atoms with Gasteiger partial charge in [0.2, 0.25) is 0 Å². The van der Waals surface area contributed by atoms with Crippen LogP contribution >= 0.6 is 11.6 Å². The van der Waals surface area contributed by atoms with Crippen molar-refractivity contribution in [3.8, 4) is 0 Å². The minimum atomic E-state index is 0.183. The first-order valence-electron chi connectivity index (χ1n) is 4.09. The SMILES string of the molecule is CC(C)(CCl)Cc1ccncc1. The molecule has 0 aliphatic rings. The molecule has 0 spiro atoms. The molecule has 0 unspecified atom stereocenters. The quantitative estimate of drug-likeness (QED) is 0.657. The number of rotatable bonds is 3. The first kappa shape index (κ1) is 9.53. The highest BCUT2D eigenvalue weighted by Crippen LogP contribution is 2.22. The highest BCUT2D eigenvalue weighted by atomic mass is 35.5. The average molecular weight is 184 g/mol. The normalized spacial score (nSPS) is 11.6. The van der Waals surface area contributed by atoms with Gasteiger partial charge in [-0.15, -0.1) is 11.6 Å². The van der Waals surface area contributed by atoms with E-state index in [2.05, 4.69) is 18.8 Å². The first-order chi connectivity index (χ1) is 5.64. The maximum absolute atomic E-state index is 5.83. The molecule has 1 nitrogen and oxygen atoms in total. The Hall–Kier alpha value is -0.560. The second kappa shape index (κ2) is 3.90. The summed E-state index contributed by atoms with van der Waals surface area (Å²) in [6.07, 6.45) is 4.65. The lowest BCUT2D eigenvalue weighted by Crippen LogP contribution is -2.16. The number of halogens is 1. The van der Waals surface area contributed by atoms with Gasteiger partial charge in [0.1, 0.15) is 0 Å². The average Bonchev–Trinajstić information content (AvgIpc) is 2.06. The molecule has 0 fully saturated rings. The number of nitrogens with zero attached hydrogens (tertiary/aromatic N) is 1. The largest absolute Gasteiger partial charge is 0.265 e. The minimum absolute atomic E-state index is 0.183. The van der Waals surface area contributed by atoms with Gasteiger partial charge in [-0.05, 0) is 29.5 Å². The molecule has 0 aromatic carbocycles. The van der Waals surface area contributed by atoms with Gasteiger partial charge in [-0.25, -0.2) is 0 Å². The third-order valence-electron chi connectivity index (χ3n) is 1.79. The fourth-order valence-corrected chi connectivity index (χ4v) is 1.19. The molecule has 1 heterocycles. The van der Waals surface area contributed by atoms with E-state index in [1.807, 2.05) is 24.5 Å². The van der Waals surface area contributed by atoms with Crippen molar-refractivity contribution in [2.24, 2.45) is 5.41 Å². The number of hydrogen-bond acceptors (Lipinski definition) is 1. The molecule has 0 aliphatic carbocycles. The van der Waals surface area contributed by atoms with Crippen LogP contribution in [0.15, 0.2) is 24.5 Å². The molecule has 0 saturated heterocycles. The van der Waals surface area contributed by atoms with Crippen LogP contribution in [-0.2, 0) is 6.42 Å². The van der Waals surface area contributed by atoms with Gasteiger partial charge in [-0.3, -0.25) is 4.98 Å². The summed E-state index contributed by atoms with van der Waals surface area (Å²) < 4.78 is 0. The van der Waals surface area contributed by atoms with Crippen molar-refractivity contribution >= 4 is 11.6 Å². The molecule has 66 valence electrons. The summed E-state index contributed by atoms with van der Waals surface area (Å²) in [6.45, 7) is 4.33. The first-order valence-corrected chi connectivity index (χ1v) is 4.62. The van der Waals surface area contributed by atoms with E-state index in [0.717, 1.165) is 6.42 Å². The van der Waals surface area contributed by atoms with Crippen LogP contribution < -0.4 is 0 Å². The van der Waals surface area contributed by atoms with Crippen LogP contribution in [0.4, 0.5) is 0 Å². The minimum Gasteiger partial charge on any atom is -0.265 e. The molecule has 1 aromatic rings. The molecule has 0 aliphatic heterocycles. The fraction of sp³-hybridized carbons (Fsp3) is 0.500. The van der Waals surface area contributed by atoms with E-state index >= 15 is 0 Å². The lowest BCUT2D eigenvalue weighted by molar-refractivity contribution is 0.418. The van der Waals surface area contributed by atoms with E-state index in [1.165, 1.54) is 5.56 Å². The van der Waals surface area contributed by atoms with Gasteiger partial charge < -0.3 is 0 Å². The Kier molecular flexibility index (Phi) is 3.10. The lowest BCUT2D eigenvalue weighted by Gasteiger charge is -2.20. The Morgan fingerprint density at radius 3 is 2.42 bits per heavy atom. The second-order valence-electron chi connectivity index (χ2n) is 3.83. The molecule has 2 heteroatoms. The topological polar surface area (TPSA) is 12.9 Å². The number of aromatic nitrogens is 1. The molecule has 0 atom stereocenters. The van der Waals surface area contributed by atoms with Gasteiger partial charge in [0, 0.05) is 18.3 Å². The van der Waals surface area contributed by atoms with Crippen LogP contribution in [0.25, 0.3) is 0 Å². The molecule has 1 aromatic heterocycles. The molecule has 0 N–H and O–H groups in total. The van der Waals surface area contributed by atoms with Crippen LogP contribution in [0.5, 0.6) is 0 Å². The highest BCUT2D eigenvalue weighted by Gasteiger charge is 2.16. The molecule has 0 amide bonds. The third-order valence-corrected chi connectivity index (χ3v) is 2.52. The maximum Gasteiger partial charge on any atom is 0.0277 e. The zero-order chi connectivity index (χ0) is 9.03. The summed E-state index contributed by atoms with van der Waals surface area (Å²) in [4.78, 5) is 3.97. The maximum atomic E-state index is 5.83. The zero-order valence-electron chi connectivity index (χ0n) is 7.55. The fourth-order valence-electron chi connectivity index (χ4n) is 1.10. The number of hydrogen-bond donors (Lipinski definition) is 0. The summed E-state index contributed by atoms with van der Waals surface area (Å²) in [5.41, 5.74) is 1.48. The van der Waals surface area contributed by atoms with Gasteiger partial charge >= 0.3 is 0 Å². The molecular weight excluding hydrogens is 170 g/mol. The Morgan fingerprint density at radius 2 is 1.92 bits per heavy atom. The molecule has 0 radical (unpaired) electrons. The predicted molar refractivity (Wildman–Crippen MR) is 52.4 cm³/mol. The van der Waals surface area contributed by atoms with Crippen LogP contribution in [0.2, 0.25) is 0 Å². The number of alkyl halides is 1. The second-order valence-corrected chi connectivity index (χ2v) is 4.10. The van der Waals surface area contributed by atoms with E-state index in [1.54, 1.807) is 0 Å². The monoisotopic (exact) mass is 183 g/mol. The Labute approximate surface area is 78.8 Å². The number of pyridine rings is 1. The summed E-state index contributed by atoms with van der Waals surface area (Å²) in [6, 6.07) is 4.07.